The molecule has 0 bridgehead atoms. The minimum absolute atomic E-state index is 0.171. The molecule has 0 aromatic heterocycles. The van der Waals surface area contributed by atoms with Crippen molar-refractivity contribution in [3.8, 4) is 17.2 Å². The Bertz CT molecular complexity index is 499. The zero-order valence-corrected chi connectivity index (χ0v) is 11.9. The largest absolute Gasteiger partial charge is 0.486 e. The van der Waals surface area contributed by atoms with Crippen molar-refractivity contribution in [3.05, 3.63) is 29.8 Å². The molecule has 0 fully saturated rings. The van der Waals surface area contributed by atoms with Gasteiger partial charge in [-0.2, -0.15) is 0 Å². The normalized spacial score (nSPS) is 20.1. The van der Waals surface area contributed by atoms with Crippen LogP contribution in [0.3, 0.4) is 0 Å². The number of hydrogen-bond acceptors (Lipinski definition) is 4. The van der Waals surface area contributed by atoms with Crippen LogP contribution in [-0.4, -0.2) is 19.4 Å². The summed E-state index contributed by atoms with van der Waals surface area (Å²) in [5.74, 6) is 2.48. The third-order valence-corrected chi connectivity index (χ3v) is 3.61. The standard InChI is InChI=1S/C16H21NO3/c1-2-17-10-12-8-15-16(19-11-18-15)9-14(12)20-13-6-4-3-5-7-13/h4,6,8-9,13,17H,2-3,5,7,10-11H2,1H3. The molecule has 1 N–H and O–H groups in total. The first-order valence-corrected chi connectivity index (χ1v) is 7.33. The van der Waals surface area contributed by atoms with Crippen LogP contribution >= 0.6 is 0 Å². The Morgan fingerprint density at radius 2 is 2.15 bits per heavy atom. The predicted octanol–water partition coefficient (Wildman–Crippen LogP) is 3.01. The summed E-state index contributed by atoms with van der Waals surface area (Å²) < 4.78 is 17.0. The van der Waals surface area contributed by atoms with Crippen molar-refractivity contribution in [2.45, 2.75) is 38.8 Å². The first kappa shape index (κ1) is 13.3. The fourth-order valence-electron chi connectivity index (χ4n) is 2.52. The molecule has 1 atom stereocenters. The molecule has 4 nitrogen and oxygen atoms in total. The van der Waals surface area contributed by atoms with Gasteiger partial charge in [-0.15, -0.1) is 0 Å². The Hall–Kier alpha value is -1.68. The van der Waals surface area contributed by atoms with Gasteiger partial charge >= 0.3 is 0 Å². The van der Waals surface area contributed by atoms with Gasteiger partial charge in [0.15, 0.2) is 11.5 Å². The highest BCUT2D eigenvalue weighted by Gasteiger charge is 2.20. The second-order valence-corrected chi connectivity index (χ2v) is 5.11. The Balaban J connectivity index is 1.82. The van der Waals surface area contributed by atoms with Crippen LogP contribution in [0.4, 0.5) is 0 Å². The zero-order valence-electron chi connectivity index (χ0n) is 11.9. The van der Waals surface area contributed by atoms with Crippen molar-refractivity contribution in [1.82, 2.24) is 5.32 Å². The van der Waals surface area contributed by atoms with E-state index >= 15 is 0 Å². The Kier molecular flexibility index (Phi) is 4.11. The summed E-state index contributed by atoms with van der Waals surface area (Å²) in [7, 11) is 0. The van der Waals surface area contributed by atoms with E-state index in [1.54, 1.807) is 0 Å². The SMILES string of the molecule is CCNCc1cc2c(cc1OC1C=CCCC1)OCO2. The van der Waals surface area contributed by atoms with Gasteiger partial charge in [0, 0.05) is 18.2 Å². The van der Waals surface area contributed by atoms with Gasteiger partial charge in [0.25, 0.3) is 0 Å². The van der Waals surface area contributed by atoms with Gasteiger partial charge < -0.3 is 19.5 Å². The van der Waals surface area contributed by atoms with Crippen molar-refractivity contribution in [1.29, 1.82) is 0 Å². The summed E-state index contributed by atoms with van der Waals surface area (Å²) in [4.78, 5) is 0. The van der Waals surface area contributed by atoms with Gasteiger partial charge in [-0.25, -0.2) is 0 Å². The fraction of sp³-hybridized carbons (Fsp3) is 0.500. The number of allylic oxidation sites excluding steroid dienone is 1. The van der Waals surface area contributed by atoms with E-state index in [-0.39, 0.29) is 6.10 Å². The maximum Gasteiger partial charge on any atom is 0.231 e. The van der Waals surface area contributed by atoms with E-state index in [1.165, 1.54) is 6.42 Å². The molecule has 1 aliphatic carbocycles. The molecule has 1 aromatic rings. The van der Waals surface area contributed by atoms with Gasteiger partial charge in [-0.1, -0.05) is 13.0 Å². The summed E-state index contributed by atoms with van der Waals surface area (Å²) in [6.45, 7) is 4.09. The summed E-state index contributed by atoms with van der Waals surface area (Å²) in [5.41, 5.74) is 1.12. The van der Waals surface area contributed by atoms with E-state index in [9.17, 15) is 0 Å². The van der Waals surface area contributed by atoms with E-state index in [0.717, 1.165) is 48.7 Å². The molecule has 0 amide bonds. The van der Waals surface area contributed by atoms with Crippen molar-refractivity contribution in [2.75, 3.05) is 13.3 Å². The third kappa shape index (κ3) is 2.90. The minimum atomic E-state index is 0.171. The Morgan fingerprint density at radius 1 is 1.30 bits per heavy atom. The topological polar surface area (TPSA) is 39.7 Å². The van der Waals surface area contributed by atoms with Crippen LogP contribution in [0.5, 0.6) is 17.2 Å². The zero-order chi connectivity index (χ0) is 13.8. The van der Waals surface area contributed by atoms with Gasteiger partial charge in [-0.3, -0.25) is 0 Å². The lowest BCUT2D eigenvalue weighted by molar-refractivity contribution is 0.173. The van der Waals surface area contributed by atoms with Crippen LogP contribution in [0.1, 0.15) is 31.7 Å². The number of ether oxygens (including phenoxy) is 3. The van der Waals surface area contributed by atoms with E-state index < -0.39 is 0 Å². The Labute approximate surface area is 119 Å². The van der Waals surface area contributed by atoms with Crippen molar-refractivity contribution in [3.63, 3.8) is 0 Å². The molecule has 4 heteroatoms. The smallest absolute Gasteiger partial charge is 0.231 e. The molecule has 1 aromatic carbocycles. The average Bonchev–Trinajstić information content (AvgIpc) is 2.93. The number of nitrogens with one attached hydrogen (secondary N) is 1. The van der Waals surface area contributed by atoms with Gasteiger partial charge in [-0.05, 0) is 37.9 Å². The maximum atomic E-state index is 6.15. The lowest BCUT2D eigenvalue weighted by atomic mass is 10.1. The van der Waals surface area contributed by atoms with Crippen LogP contribution in [0.25, 0.3) is 0 Å². The molecule has 0 saturated heterocycles. The van der Waals surface area contributed by atoms with E-state index in [0.29, 0.717) is 6.79 Å². The lowest BCUT2D eigenvalue weighted by Gasteiger charge is -2.21. The molecule has 20 heavy (non-hydrogen) atoms. The fourth-order valence-corrected chi connectivity index (χ4v) is 2.52. The van der Waals surface area contributed by atoms with Gasteiger partial charge in [0.2, 0.25) is 6.79 Å². The summed E-state index contributed by atoms with van der Waals surface area (Å²) in [6, 6.07) is 3.98. The summed E-state index contributed by atoms with van der Waals surface area (Å²) >= 11 is 0. The minimum Gasteiger partial charge on any atom is -0.486 e. The van der Waals surface area contributed by atoms with Crippen molar-refractivity contribution < 1.29 is 14.2 Å². The second kappa shape index (κ2) is 6.18. The molecular formula is C16H21NO3. The van der Waals surface area contributed by atoms with Crippen LogP contribution in [0, 0.1) is 0 Å². The number of hydrogen-bond donors (Lipinski definition) is 1. The van der Waals surface area contributed by atoms with Crippen LogP contribution in [0.15, 0.2) is 24.3 Å². The molecule has 0 saturated carbocycles. The molecule has 3 rings (SSSR count). The third-order valence-electron chi connectivity index (χ3n) is 3.61. The first-order chi connectivity index (χ1) is 9.86. The predicted molar refractivity (Wildman–Crippen MR) is 77.4 cm³/mol. The monoisotopic (exact) mass is 275 g/mol. The van der Waals surface area contributed by atoms with Gasteiger partial charge in [0.1, 0.15) is 11.9 Å². The summed E-state index contributed by atoms with van der Waals surface area (Å²) in [6.07, 6.45) is 7.95. The molecule has 0 spiro atoms. The molecule has 1 aliphatic heterocycles. The highest BCUT2D eigenvalue weighted by molar-refractivity contribution is 5.52. The molecule has 1 unspecified atom stereocenters. The van der Waals surface area contributed by atoms with Gasteiger partial charge in [0.05, 0.1) is 0 Å². The maximum absolute atomic E-state index is 6.15. The molecule has 2 aliphatic rings. The van der Waals surface area contributed by atoms with E-state index in [1.807, 2.05) is 12.1 Å². The molecule has 108 valence electrons. The van der Waals surface area contributed by atoms with E-state index in [2.05, 4.69) is 24.4 Å². The number of benzene rings is 1. The lowest BCUT2D eigenvalue weighted by Crippen LogP contribution is -2.18. The number of fused-ring (bicyclic) bond motifs is 1. The highest BCUT2D eigenvalue weighted by atomic mass is 16.7. The van der Waals surface area contributed by atoms with Crippen molar-refractivity contribution in [2.24, 2.45) is 0 Å². The molecule has 0 radical (unpaired) electrons. The average molecular weight is 275 g/mol. The quantitative estimate of drug-likeness (QED) is 0.839. The second-order valence-electron chi connectivity index (χ2n) is 5.11. The first-order valence-electron chi connectivity index (χ1n) is 7.33. The van der Waals surface area contributed by atoms with Crippen molar-refractivity contribution >= 4 is 0 Å². The van der Waals surface area contributed by atoms with Crippen LogP contribution < -0.4 is 19.5 Å². The molecule has 1 heterocycles. The Morgan fingerprint density at radius 3 is 2.90 bits per heavy atom. The summed E-state index contributed by atoms with van der Waals surface area (Å²) in [5, 5.41) is 3.34. The number of rotatable bonds is 5. The van der Waals surface area contributed by atoms with Crippen LogP contribution in [0.2, 0.25) is 0 Å². The van der Waals surface area contributed by atoms with E-state index in [4.69, 9.17) is 14.2 Å². The molecular weight excluding hydrogens is 254 g/mol. The highest BCUT2D eigenvalue weighted by Crippen LogP contribution is 2.39. The van der Waals surface area contributed by atoms with Crippen LogP contribution in [-0.2, 0) is 6.54 Å².